The Bertz CT molecular complexity index is 405. The summed E-state index contributed by atoms with van der Waals surface area (Å²) in [5.74, 6) is 0.717. The first-order chi connectivity index (χ1) is 8.47. The SMILES string of the molecule is CC(C)(F)c1ccc(CC2CCCNC2)cc1Br. The summed E-state index contributed by atoms with van der Waals surface area (Å²) in [4.78, 5) is 0. The number of hydrogen-bond donors (Lipinski definition) is 1. The molecular formula is C15H21BrFN. The molecule has 1 aliphatic heterocycles. The van der Waals surface area contributed by atoms with Crippen LogP contribution in [0.5, 0.6) is 0 Å². The third kappa shape index (κ3) is 3.55. The van der Waals surface area contributed by atoms with Crippen molar-refractivity contribution in [2.24, 2.45) is 5.92 Å². The van der Waals surface area contributed by atoms with E-state index in [0.717, 1.165) is 35.5 Å². The maximum atomic E-state index is 13.9. The largest absolute Gasteiger partial charge is 0.316 e. The highest BCUT2D eigenvalue weighted by atomic mass is 79.9. The maximum Gasteiger partial charge on any atom is 0.131 e. The maximum absolute atomic E-state index is 13.9. The van der Waals surface area contributed by atoms with Crippen molar-refractivity contribution in [3.05, 3.63) is 33.8 Å². The minimum Gasteiger partial charge on any atom is -0.316 e. The summed E-state index contributed by atoms with van der Waals surface area (Å²) in [5, 5.41) is 3.43. The van der Waals surface area contributed by atoms with Gasteiger partial charge < -0.3 is 5.32 Å². The summed E-state index contributed by atoms with van der Waals surface area (Å²) < 4.78 is 14.8. The Labute approximate surface area is 117 Å². The smallest absolute Gasteiger partial charge is 0.131 e. The third-order valence-electron chi connectivity index (χ3n) is 3.60. The van der Waals surface area contributed by atoms with Crippen molar-refractivity contribution in [3.8, 4) is 0 Å². The van der Waals surface area contributed by atoms with Gasteiger partial charge in [0.05, 0.1) is 0 Å². The summed E-state index contributed by atoms with van der Waals surface area (Å²) >= 11 is 3.49. The van der Waals surface area contributed by atoms with Crippen molar-refractivity contribution in [2.45, 2.75) is 38.8 Å². The Hall–Kier alpha value is -0.410. The van der Waals surface area contributed by atoms with E-state index in [1.807, 2.05) is 6.07 Å². The zero-order valence-corrected chi connectivity index (χ0v) is 12.7. The lowest BCUT2D eigenvalue weighted by Crippen LogP contribution is -2.30. The average Bonchev–Trinajstić information content (AvgIpc) is 2.28. The van der Waals surface area contributed by atoms with Crippen molar-refractivity contribution >= 4 is 15.9 Å². The van der Waals surface area contributed by atoms with Gasteiger partial charge in [0.1, 0.15) is 5.67 Å². The van der Waals surface area contributed by atoms with Crippen LogP contribution in [-0.2, 0) is 12.1 Å². The number of hydrogen-bond acceptors (Lipinski definition) is 1. The molecule has 1 nitrogen and oxygen atoms in total. The lowest BCUT2D eigenvalue weighted by atomic mass is 9.91. The van der Waals surface area contributed by atoms with Crippen LogP contribution in [0.2, 0.25) is 0 Å². The summed E-state index contributed by atoms with van der Waals surface area (Å²) in [6.45, 7) is 5.44. The van der Waals surface area contributed by atoms with E-state index in [9.17, 15) is 4.39 Å². The van der Waals surface area contributed by atoms with Crippen LogP contribution in [0, 0.1) is 5.92 Å². The standard InChI is InChI=1S/C15H21BrFN/c1-15(2,17)13-6-5-11(9-14(13)16)8-12-4-3-7-18-10-12/h5-6,9,12,18H,3-4,7-8,10H2,1-2H3. The Balaban J connectivity index is 2.08. The number of alkyl halides is 1. The Morgan fingerprint density at radius 2 is 2.22 bits per heavy atom. The molecule has 1 N–H and O–H groups in total. The number of nitrogens with one attached hydrogen (secondary N) is 1. The molecule has 100 valence electrons. The van der Waals surface area contributed by atoms with Gasteiger partial charge in [0.25, 0.3) is 0 Å². The van der Waals surface area contributed by atoms with E-state index in [-0.39, 0.29) is 0 Å². The first-order valence-corrected chi connectivity index (χ1v) is 7.44. The summed E-state index contributed by atoms with van der Waals surface area (Å²) in [7, 11) is 0. The van der Waals surface area contributed by atoms with Crippen LogP contribution in [0.3, 0.4) is 0 Å². The van der Waals surface area contributed by atoms with Crippen LogP contribution in [-0.4, -0.2) is 13.1 Å². The zero-order chi connectivity index (χ0) is 13.2. The molecule has 1 aromatic carbocycles. The van der Waals surface area contributed by atoms with E-state index in [0.29, 0.717) is 0 Å². The summed E-state index contributed by atoms with van der Waals surface area (Å²) in [6.07, 6.45) is 3.64. The fourth-order valence-corrected chi connectivity index (χ4v) is 3.50. The van der Waals surface area contributed by atoms with E-state index < -0.39 is 5.67 Å². The van der Waals surface area contributed by atoms with Gasteiger partial charge in [-0.05, 0) is 63.7 Å². The van der Waals surface area contributed by atoms with E-state index in [2.05, 4.69) is 33.4 Å². The molecular weight excluding hydrogens is 293 g/mol. The van der Waals surface area contributed by atoms with Crippen LogP contribution in [0.15, 0.2) is 22.7 Å². The molecule has 1 unspecified atom stereocenters. The molecule has 0 bridgehead atoms. The van der Waals surface area contributed by atoms with Crippen molar-refractivity contribution < 1.29 is 4.39 Å². The van der Waals surface area contributed by atoms with Crippen LogP contribution >= 0.6 is 15.9 Å². The lowest BCUT2D eigenvalue weighted by Gasteiger charge is -2.23. The molecule has 1 aromatic rings. The van der Waals surface area contributed by atoms with Crippen molar-refractivity contribution in [1.82, 2.24) is 5.32 Å². The normalized spacial score (nSPS) is 21.0. The first kappa shape index (κ1) is 14.0. The molecule has 0 amide bonds. The molecule has 1 fully saturated rings. The molecule has 2 rings (SSSR count). The van der Waals surface area contributed by atoms with Gasteiger partial charge in [0.15, 0.2) is 0 Å². The van der Waals surface area contributed by atoms with Gasteiger partial charge in [-0.2, -0.15) is 0 Å². The molecule has 3 heteroatoms. The average molecular weight is 314 g/mol. The van der Waals surface area contributed by atoms with Crippen molar-refractivity contribution in [1.29, 1.82) is 0 Å². The number of benzene rings is 1. The van der Waals surface area contributed by atoms with Gasteiger partial charge in [-0.1, -0.05) is 28.1 Å². The number of rotatable bonds is 3. The second kappa shape index (κ2) is 5.70. The van der Waals surface area contributed by atoms with Crippen molar-refractivity contribution in [3.63, 3.8) is 0 Å². The zero-order valence-electron chi connectivity index (χ0n) is 11.1. The highest BCUT2D eigenvalue weighted by Gasteiger charge is 2.22. The lowest BCUT2D eigenvalue weighted by molar-refractivity contribution is 0.220. The van der Waals surface area contributed by atoms with E-state index in [4.69, 9.17) is 0 Å². The van der Waals surface area contributed by atoms with Gasteiger partial charge in [-0.3, -0.25) is 0 Å². The quantitative estimate of drug-likeness (QED) is 0.882. The molecule has 1 aliphatic rings. The van der Waals surface area contributed by atoms with E-state index in [1.165, 1.54) is 18.4 Å². The molecule has 0 aliphatic carbocycles. The first-order valence-electron chi connectivity index (χ1n) is 6.65. The Morgan fingerprint density at radius 3 is 2.78 bits per heavy atom. The molecule has 0 spiro atoms. The fourth-order valence-electron chi connectivity index (χ4n) is 2.60. The Kier molecular flexibility index (Phi) is 4.44. The predicted molar refractivity (Wildman–Crippen MR) is 77.6 cm³/mol. The predicted octanol–water partition coefficient (Wildman–Crippen LogP) is 4.20. The van der Waals surface area contributed by atoms with Gasteiger partial charge in [0.2, 0.25) is 0 Å². The Morgan fingerprint density at radius 1 is 1.44 bits per heavy atom. The van der Waals surface area contributed by atoms with Crippen LogP contribution in [0.1, 0.15) is 37.8 Å². The molecule has 18 heavy (non-hydrogen) atoms. The van der Waals surface area contributed by atoms with Crippen LogP contribution < -0.4 is 5.32 Å². The van der Waals surface area contributed by atoms with E-state index in [1.54, 1.807) is 13.8 Å². The molecule has 0 aromatic heterocycles. The van der Waals surface area contributed by atoms with E-state index >= 15 is 0 Å². The minimum absolute atomic E-state index is 0.717. The summed E-state index contributed by atoms with van der Waals surface area (Å²) in [5.41, 5.74) is 0.737. The summed E-state index contributed by atoms with van der Waals surface area (Å²) in [6, 6.07) is 6.05. The van der Waals surface area contributed by atoms with Crippen molar-refractivity contribution in [2.75, 3.05) is 13.1 Å². The molecule has 1 heterocycles. The number of piperidine rings is 1. The van der Waals surface area contributed by atoms with Crippen LogP contribution in [0.25, 0.3) is 0 Å². The highest BCUT2D eigenvalue weighted by molar-refractivity contribution is 9.10. The minimum atomic E-state index is -1.29. The van der Waals surface area contributed by atoms with Gasteiger partial charge in [-0.25, -0.2) is 4.39 Å². The second-order valence-electron chi connectivity index (χ2n) is 5.70. The van der Waals surface area contributed by atoms with Gasteiger partial charge >= 0.3 is 0 Å². The second-order valence-corrected chi connectivity index (χ2v) is 6.56. The monoisotopic (exact) mass is 313 g/mol. The topological polar surface area (TPSA) is 12.0 Å². The van der Waals surface area contributed by atoms with Crippen LogP contribution in [0.4, 0.5) is 4.39 Å². The third-order valence-corrected chi connectivity index (χ3v) is 4.25. The molecule has 1 atom stereocenters. The van der Waals surface area contributed by atoms with Gasteiger partial charge in [0, 0.05) is 10.0 Å². The number of halogens is 2. The van der Waals surface area contributed by atoms with Gasteiger partial charge in [-0.15, -0.1) is 0 Å². The fraction of sp³-hybridized carbons (Fsp3) is 0.600. The molecule has 0 radical (unpaired) electrons. The molecule has 0 saturated carbocycles. The molecule has 1 saturated heterocycles. The highest BCUT2D eigenvalue weighted by Crippen LogP contribution is 2.32.